The molecule has 0 heterocycles. The normalized spacial score (nSPS) is 11.2. The molecule has 0 unspecified atom stereocenters. The van der Waals surface area contributed by atoms with Gasteiger partial charge in [0.25, 0.3) is 5.91 Å². The first-order valence-electron chi connectivity index (χ1n) is 7.19. The van der Waals surface area contributed by atoms with E-state index < -0.39 is 17.8 Å². The molecule has 0 aliphatic rings. The van der Waals surface area contributed by atoms with E-state index in [0.717, 1.165) is 12.1 Å². The van der Waals surface area contributed by atoms with Crippen LogP contribution in [0, 0.1) is 17.1 Å². The second kappa shape index (κ2) is 7.38. The van der Waals surface area contributed by atoms with Crippen LogP contribution in [-0.2, 0) is 4.79 Å². The van der Waals surface area contributed by atoms with Crippen molar-refractivity contribution in [3.05, 3.63) is 59.4 Å². The van der Waals surface area contributed by atoms with E-state index in [4.69, 9.17) is 10.00 Å². The van der Waals surface area contributed by atoms with Crippen LogP contribution in [0.2, 0.25) is 0 Å². The highest BCUT2D eigenvalue weighted by Crippen LogP contribution is 2.22. The van der Waals surface area contributed by atoms with Gasteiger partial charge in [-0.2, -0.15) is 5.26 Å². The molecule has 0 fully saturated rings. The molecule has 0 saturated heterocycles. The van der Waals surface area contributed by atoms with Crippen LogP contribution in [0.15, 0.2) is 42.5 Å². The zero-order valence-electron chi connectivity index (χ0n) is 13.2. The van der Waals surface area contributed by atoms with Crippen LogP contribution in [0.3, 0.4) is 0 Å². The number of nitrogens with one attached hydrogen (secondary N) is 1. The van der Waals surface area contributed by atoms with E-state index in [1.54, 1.807) is 24.3 Å². The average molecular weight is 326 g/mol. The van der Waals surface area contributed by atoms with E-state index in [1.165, 1.54) is 19.9 Å². The van der Waals surface area contributed by atoms with E-state index in [2.05, 4.69) is 5.32 Å². The van der Waals surface area contributed by atoms with Crippen molar-refractivity contribution in [1.82, 2.24) is 0 Å². The highest BCUT2D eigenvalue weighted by Gasteiger charge is 2.18. The van der Waals surface area contributed by atoms with Crippen molar-refractivity contribution in [2.75, 3.05) is 5.32 Å². The van der Waals surface area contributed by atoms with Crippen molar-refractivity contribution in [3.8, 4) is 11.8 Å². The van der Waals surface area contributed by atoms with Crippen LogP contribution >= 0.6 is 0 Å². The number of carbonyl (C=O) groups excluding carboxylic acids is 2. The van der Waals surface area contributed by atoms with Crippen LogP contribution in [0.4, 0.5) is 10.1 Å². The lowest BCUT2D eigenvalue weighted by molar-refractivity contribution is -0.122. The topological polar surface area (TPSA) is 79.2 Å². The third kappa shape index (κ3) is 4.17. The summed E-state index contributed by atoms with van der Waals surface area (Å²) in [6.07, 6.45) is -0.899. The first-order valence-corrected chi connectivity index (χ1v) is 7.19. The van der Waals surface area contributed by atoms with Crippen LogP contribution in [0.5, 0.6) is 5.75 Å². The number of halogens is 1. The number of nitrogens with zero attached hydrogens (tertiary/aromatic N) is 1. The van der Waals surface area contributed by atoms with Crippen LogP contribution in [0.1, 0.15) is 29.8 Å². The lowest BCUT2D eigenvalue weighted by Gasteiger charge is -2.16. The fourth-order valence-electron chi connectivity index (χ4n) is 2.00. The number of ether oxygens (including phenoxy) is 1. The molecule has 1 atom stereocenters. The number of anilines is 1. The molecule has 122 valence electrons. The summed E-state index contributed by atoms with van der Waals surface area (Å²) in [7, 11) is 0. The smallest absolute Gasteiger partial charge is 0.265 e. The number of ketones is 1. The molecule has 1 N–H and O–H groups in total. The molecule has 2 aromatic carbocycles. The minimum Gasteiger partial charge on any atom is -0.480 e. The molecule has 0 saturated carbocycles. The fraction of sp³-hybridized carbons (Fsp3) is 0.167. The number of Topliss-reactive ketones (excluding diaryl/α,β-unsaturated/α-hetero) is 1. The SMILES string of the molecule is CC(=O)c1cc(F)ccc1O[C@@H](C)C(=O)Nc1ccc(C#N)cc1. The van der Waals surface area contributed by atoms with E-state index in [0.29, 0.717) is 11.3 Å². The number of hydrogen-bond donors (Lipinski definition) is 1. The summed E-state index contributed by atoms with van der Waals surface area (Å²) in [6.45, 7) is 2.81. The summed E-state index contributed by atoms with van der Waals surface area (Å²) in [5.74, 6) is -1.20. The lowest BCUT2D eigenvalue weighted by atomic mass is 10.1. The van der Waals surface area contributed by atoms with Crippen molar-refractivity contribution < 1.29 is 18.7 Å². The van der Waals surface area contributed by atoms with Gasteiger partial charge >= 0.3 is 0 Å². The van der Waals surface area contributed by atoms with E-state index in [-0.39, 0.29) is 17.1 Å². The highest BCUT2D eigenvalue weighted by atomic mass is 19.1. The molecule has 0 aliphatic heterocycles. The Morgan fingerprint density at radius 1 is 1.21 bits per heavy atom. The highest BCUT2D eigenvalue weighted by molar-refractivity contribution is 5.97. The predicted octanol–water partition coefficient (Wildman–Crippen LogP) is 3.31. The van der Waals surface area contributed by atoms with Gasteiger partial charge in [0.2, 0.25) is 0 Å². The monoisotopic (exact) mass is 326 g/mol. The van der Waals surface area contributed by atoms with Gasteiger partial charge in [-0.25, -0.2) is 4.39 Å². The zero-order valence-corrected chi connectivity index (χ0v) is 13.2. The molecule has 6 heteroatoms. The van der Waals surface area contributed by atoms with Gasteiger partial charge in [0.15, 0.2) is 11.9 Å². The van der Waals surface area contributed by atoms with Gasteiger partial charge in [0.1, 0.15) is 11.6 Å². The molecule has 0 bridgehead atoms. The quantitative estimate of drug-likeness (QED) is 0.855. The van der Waals surface area contributed by atoms with Crippen molar-refractivity contribution >= 4 is 17.4 Å². The molecule has 0 spiro atoms. The molecule has 0 aliphatic carbocycles. The maximum Gasteiger partial charge on any atom is 0.265 e. The number of amides is 1. The van der Waals surface area contributed by atoms with Crippen molar-refractivity contribution in [2.24, 2.45) is 0 Å². The standard InChI is InChI=1S/C18H15FN2O3/c1-11(22)16-9-14(19)5-8-17(16)24-12(2)18(23)21-15-6-3-13(10-20)4-7-15/h3-9,12H,1-2H3,(H,21,23)/t12-/m0/s1. The molecule has 0 aromatic heterocycles. The minimum atomic E-state index is -0.899. The maximum atomic E-state index is 13.2. The van der Waals surface area contributed by atoms with Gasteiger partial charge in [-0.1, -0.05) is 0 Å². The molecule has 1 amide bonds. The van der Waals surface area contributed by atoms with Crippen molar-refractivity contribution in [1.29, 1.82) is 5.26 Å². The third-order valence-corrected chi connectivity index (χ3v) is 3.28. The van der Waals surface area contributed by atoms with Crippen LogP contribution < -0.4 is 10.1 Å². The summed E-state index contributed by atoms with van der Waals surface area (Å²) in [4.78, 5) is 23.7. The molecule has 24 heavy (non-hydrogen) atoms. The average Bonchev–Trinajstić information content (AvgIpc) is 2.56. The Balaban J connectivity index is 2.09. The summed E-state index contributed by atoms with van der Waals surface area (Å²) in [6, 6.07) is 11.9. The summed E-state index contributed by atoms with van der Waals surface area (Å²) in [5, 5.41) is 11.4. The third-order valence-electron chi connectivity index (χ3n) is 3.28. The van der Waals surface area contributed by atoms with Gasteiger partial charge in [0, 0.05) is 5.69 Å². The first kappa shape index (κ1) is 17.2. The Morgan fingerprint density at radius 3 is 2.46 bits per heavy atom. The van der Waals surface area contributed by atoms with Crippen molar-refractivity contribution in [2.45, 2.75) is 20.0 Å². The number of nitriles is 1. The first-order chi connectivity index (χ1) is 11.4. The summed E-state index contributed by atoms with van der Waals surface area (Å²) in [5.41, 5.74) is 1.07. The Kier molecular flexibility index (Phi) is 5.27. The van der Waals surface area contributed by atoms with Crippen LogP contribution in [-0.4, -0.2) is 17.8 Å². The number of carbonyl (C=O) groups is 2. The summed E-state index contributed by atoms with van der Waals surface area (Å²) >= 11 is 0. The number of benzene rings is 2. The number of hydrogen-bond acceptors (Lipinski definition) is 4. The maximum absolute atomic E-state index is 13.2. The second-order valence-electron chi connectivity index (χ2n) is 5.14. The zero-order chi connectivity index (χ0) is 17.7. The van der Waals surface area contributed by atoms with Gasteiger partial charge in [-0.15, -0.1) is 0 Å². The molecule has 5 nitrogen and oxygen atoms in total. The second-order valence-corrected chi connectivity index (χ2v) is 5.14. The Labute approximate surface area is 138 Å². The minimum absolute atomic E-state index is 0.0769. The fourth-order valence-corrected chi connectivity index (χ4v) is 2.00. The molecular formula is C18H15FN2O3. The largest absolute Gasteiger partial charge is 0.480 e. The lowest BCUT2D eigenvalue weighted by Crippen LogP contribution is -2.30. The van der Waals surface area contributed by atoms with Gasteiger partial charge in [-0.3, -0.25) is 9.59 Å². The van der Waals surface area contributed by atoms with E-state index >= 15 is 0 Å². The Hall–Kier alpha value is -3.20. The summed E-state index contributed by atoms with van der Waals surface area (Å²) < 4.78 is 18.7. The predicted molar refractivity (Wildman–Crippen MR) is 86.3 cm³/mol. The molecule has 2 rings (SSSR count). The van der Waals surface area contributed by atoms with Gasteiger partial charge in [0.05, 0.1) is 17.2 Å². The van der Waals surface area contributed by atoms with Gasteiger partial charge in [-0.05, 0) is 56.3 Å². The number of rotatable bonds is 5. The van der Waals surface area contributed by atoms with Gasteiger partial charge < -0.3 is 10.1 Å². The van der Waals surface area contributed by atoms with E-state index in [9.17, 15) is 14.0 Å². The molecule has 2 aromatic rings. The molecular weight excluding hydrogens is 311 g/mol. The molecule has 0 radical (unpaired) electrons. The Bertz CT molecular complexity index is 810. The van der Waals surface area contributed by atoms with Crippen LogP contribution in [0.25, 0.3) is 0 Å². The van der Waals surface area contributed by atoms with E-state index in [1.807, 2.05) is 6.07 Å². The van der Waals surface area contributed by atoms with Crippen molar-refractivity contribution in [3.63, 3.8) is 0 Å². The Morgan fingerprint density at radius 2 is 1.88 bits per heavy atom.